The largest absolute Gasteiger partial charge is 0.352 e. The third kappa shape index (κ3) is 15.2. The van der Waals surface area contributed by atoms with Crippen LogP contribution in [0, 0.1) is 39.5 Å². The minimum absolute atomic E-state index is 0.00762. The Morgan fingerprint density at radius 3 is 1.74 bits per heavy atom. The standard InChI is InChI=1S/C21H27NO.C21H25N.Cl3OP/c1-15(2)11-19-7-5-18(6-8-19)9-10-22-21(23)20-13-16(3)12-17(4)14-20;1-14(2)9-17-5-6-18-7-8-22-21(20(18)13-17)19-11-15(3)10-16(4)12-19;1-5(2,3)4/h5-8,12-15H,9-11H2,1-4H3,(H,22,23);5-6,10-14H,7-9H2,1-4H3;. The number of rotatable bonds is 9. The van der Waals surface area contributed by atoms with Crippen molar-refractivity contribution in [3.63, 3.8) is 0 Å². The smallest absolute Gasteiger partial charge is 0.339 e. The molecule has 0 saturated heterocycles. The van der Waals surface area contributed by atoms with Crippen LogP contribution in [-0.4, -0.2) is 24.7 Å². The topological polar surface area (TPSA) is 58.5 Å². The molecular formula is C42H52Cl3N2O2P. The van der Waals surface area contributed by atoms with Gasteiger partial charge in [-0.3, -0.25) is 14.4 Å². The number of aliphatic imine (C=N–C) groups is 1. The molecule has 8 heteroatoms. The SMILES string of the molecule is Cc1cc(C)cc(C(=O)NCCc2ccc(CC(C)C)cc2)c1.Cc1cc(C)cc(C2=NCCc3ccc(CC(C)C)cc32)c1.O=P(Cl)(Cl)Cl. The van der Waals surface area contributed by atoms with Crippen molar-refractivity contribution in [2.45, 2.75) is 81.1 Å². The highest BCUT2D eigenvalue weighted by molar-refractivity contribution is 8.24. The van der Waals surface area contributed by atoms with Crippen LogP contribution >= 0.6 is 38.9 Å². The number of hydrogen-bond donors (Lipinski definition) is 1. The Morgan fingerprint density at radius 1 is 0.720 bits per heavy atom. The predicted molar refractivity (Wildman–Crippen MR) is 217 cm³/mol. The summed E-state index contributed by atoms with van der Waals surface area (Å²) in [7, 11) is 0. The quantitative estimate of drug-likeness (QED) is 0.173. The summed E-state index contributed by atoms with van der Waals surface area (Å²) in [6.07, 6.45) is 4.17. The second-order valence-electron chi connectivity index (χ2n) is 14.1. The first-order valence-corrected chi connectivity index (χ1v) is 21.8. The summed E-state index contributed by atoms with van der Waals surface area (Å²) in [4.78, 5) is 17.1. The maximum atomic E-state index is 12.2. The lowest BCUT2D eigenvalue weighted by Crippen LogP contribution is -2.25. The molecule has 1 N–H and O–H groups in total. The van der Waals surface area contributed by atoms with E-state index in [0.29, 0.717) is 18.4 Å². The molecule has 1 amide bonds. The van der Waals surface area contributed by atoms with Crippen LogP contribution < -0.4 is 5.32 Å². The Hall–Kier alpha value is -2.88. The van der Waals surface area contributed by atoms with Gasteiger partial charge < -0.3 is 5.32 Å². The number of benzene rings is 4. The molecule has 0 unspecified atom stereocenters. The van der Waals surface area contributed by atoms with Crippen LogP contribution in [0.25, 0.3) is 0 Å². The van der Waals surface area contributed by atoms with Crippen LogP contribution in [0.1, 0.15) is 93.7 Å². The van der Waals surface area contributed by atoms with Crippen LogP contribution in [0.15, 0.2) is 83.9 Å². The summed E-state index contributed by atoms with van der Waals surface area (Å²) in [5.41, 5.74) is 14.9. The molecule has 0 atom stereocenters. The molecule has 0 aromatic heterocycles. The Morgan fingerprint density at radius 2 is 1.20 bits per heavy atom. The molecule has 0 fully saturated rings. The Kier molecular flexibility index (Phi) is 16.3. The molecule has 0 aliphatic carbocycles. The summed E-state index contributed by atoms with van der Waals surface area (Å²) < 4.78 is 9.51. The predicted octanol–water partition coefficient (Wildman–Crippen LogP) is 12.2. The van der Waals surface area contributed by atoms with Crippen LogP contribution in [0.3, 0.4) is 0 Å². The van der Waals surface area contributed by atoms with Crippen molar-refractivity contribution in [1.82, 2.24) is 5.32 Å². The average molecular weight is 754 g/mol. The number of aryl methyl sites for hydroxylation is 4. The first-order valence-electron chi connectivity index (χ1n) is 17.4. The number of halogens is 3. The van der Waals surface area contributed by atoms with E-state index in [1.54, 1.807) is 0 Å². The van der Waals surface area contributed by atoms with Gasteiger partial charge in [-0.25, -0.2) is 0 Å². The van der Waals surface area contributed by atoms with E-state index < -0.39 is 5.20 Å². The highest BCUT2D eigenvalue weighted by Gasteiger charge is 2.17. The highest BCUT2D eigenvalue weighted by atomic mass is 36.0. The minimum atomic E-state index is -3.22. The lowest BCUT2D eigenvalue weighted by molar-refractivity contribution is 0.0954. The second-order valence-corrected chi connectivity index (χ2v) is 20.8. The lowest BCUT2D eigenvalue weighted by atomic mass is 9.89. The molecule has 4 aromatic carbocycles. The van der Waals surface area contributed by atoms with Crippen molar-refractivity contribution in [2.24, 2.45) is 16.8 Å². The van der Waals surface area contributed by atoms with Crippen molar-refractivity contribution in [3.05, 3.63) is 140 Å². The number of nitrogens with one attached hydrogen (secondary N) is 1. The number of fused-ring (bicyclic) bond motifs is 1. The monoisotopic (exact) mass is 752 g/mol. The molecular weight excluding hydrogens is 702 g/mol. The molecule has 4 nitrogen and oxygen atoms in total. The van der Waals surface area contributed by atoms with E-state index in [1.165, 1.54) is 50.2 Å². The maximum absolute atomic E-state index is 12.2. The summed E-state index contributed by atoms with van der Waals surface area (Å²) in [5.74, 6) is 1.37. The molecule has 0 radical (unpaired) electrons. The van der Waals surface area contributed by atoms with E-state index in [-0.39, 0.29) is 5.91 Å². The van der Waals surface area contributed by atoms with Gasteiger partial charge in [0.25, 0.3) is 5.91 Å². The molecule has 0 bridgehead atoms. The van der Waals surface area contributed by atoms with Crippen molar-refractivity contribution in [2.75, 3.05) is 13.1 Å². The van der Waals surface area contributed by atoms with Gasteiger partial charge in [-0.1, -0.05) is 98.5 Å². The zero-order valence-electron chi connectivity index (χ0n) is 30.7. The zero-order valence-corrected chi connectivity index (χ0v) is 33.9. The number of hydrogen-bond acceptors (Lipinski definition) is 3. The molecule has 1 aliphatic rings. The molecule has 5 rings (SSSR count). The number of amides is 1. The lowest BCUT2D eigenvalue weighted by Gasteiger charge is -2.19. The van der Waals surface area contributed by atoms with Crippen molar-refractivity contribution >= 4 is 50.5 Å². The van der Waals surface area contributed by atoms with E-state index in [0.717, 1.165) is 48.9 Å². The molecule has 1 aliphatic heterocycles. The number of nitrogens with zero attached hydrogens (tertiary/aromatic N) is 1. The van der Waals surface area contributed by atoms with E-state index in [4.69, 9.17) is 4.99 Å². The maximum Gasteiger partial charge on any atom is 0.339 e. The fourth-order valence-corrected chi connectivity index (χ4v) is 6.23. The van der Waals surface area contributed by atoms with Gasteiger partial charge in [0.05, 0.1) is 5.71 Å². The summed E-state index contributed by atoms with van der Waals surface area (Å²) in [6.45, 7) is 18.9. The van der Waals surface area contributed by atoms with Crippen LogP contribution in [0.2, 0.25) is 0 Å². The summed E-state index contributed by atoms with van der Waals surface area (Å²) in [5, 5.41) is -0.212. The third-order valence-corrected chi connectivity index (χ3v) is 8.07. The van der Waals surface area contributed by atoms with Gasteiger partial charge in [-0.2, -0.15) is 0 Å². The van der Waals surface area contributed by atoms with Gasteiger partial charge in [0, 0.05) is 29.8 Å². The number of carbonyl (C=O) groups is 1. The van der Waals surface area contributed by atoms with Crippen LogP contribution in [0.4, 0.5) is 0 Å². The van der Waals surface area contributed by atoms with Crippen LogP contribution in [0.5, 0.6) is 0 Å². The van der Waals surface area contributed by atoms with E-state index in [1.807, 2.05) is 26.0 Å². The summed E-state index contributed by atoms with van der Waals surface area (Å²) in [6, 6.07) is 28.4. The van der Waals surface area contributed by atoms with Gasteiger partial charge in [-0.15, -0.1) is 0 Å². The zero-order chi connectivity index (χ0) is 37.0. The fraction of sp³-hybridized carbons (Fsp3) is 0.381. The number of carbonyl (C=O) groups excluding carboxylic acids is 1. The molecule has 4 aromatic rings. The normalized spacial score (nSPS) is 12.3. The van der Waals surface area contributed by atoms with Crippen molar-refractivity contribution in [1.29, 1.82) is 0 Å². The Bertz CT molecular complexity index is 1760. The van der Waals surface area contributed by atoms with Gasteiger partial charge >= 0.3 is 5.20 Å². The van der Waals surface area contributed by atoms with E-state index in [9.17, 15) is 9.36 Å². The third-order valence-electron chi connectivity index (χ3n) is 8.07. The van der Waals surface area contributed by atoms with E-state index >= 15 is 0 Å². The van der Waals surface area contributed by atoms with Crippen LogP contribution in [-0.2, 0) is 30.2 Å². The van der Waals surface area contributed by atoms with Crippen molar-refractivity contribution < 1.29 is 9.36 Å². The highest BCUT2D eigenvalue weighted by Crippen LogP contribution is 2.61. The first kappa shape index (κ1) is 41.5. The molecule has 1 heterocycles. The first-order chi connectivity index (χ1) is 23.5. The van der Waals surface area contributed by atoms with Gasteiger partial charge in [0.1, 0.15) is 0 Å². The molecule has 50 heavy (non-hydrogen) atoms. The van der Waals surface area contributed by atoms with Gasteiger partial charge in [0.15, 0.2) is 0 Å². The molecule has 268 valence electrons. The Labute approximate surface area is 314 Å². The summed E-state index contributed by atoms with van der Waals surface area (Å²) >= 11 is 13.8. The van der Waals surface area contributed by atoms with Crippen molar-refractivity contribution in [3.8, 4) is 0 Å². The van der Waals surface area contributed by atoms with Gasteiger partial charge in [-0.05, 0) is 152 Å². The molecule has 0 saturated carbocycles. The molecule has 0 spiro atoms. The Balaban J connectivity index is 0.000000239. The average Bonchev–Trinajstić information content (AvgIpc) is 2.99. The van der Waals surface area contributed by atoms with Gasteiger partial charge in [0.2, 0.25) is 0 Å². The fourth-order valence-electron chi connectivity index (χ4n) is 6.23. The second kappa shape index (κ2) is 19.7. The van der Waals surface area contributed by atoms with E-state index in [2.05, 4.69) is 147 Å². The minimum Gasteiger partial charge on any atom is -0.352 e.